The predicted molar refractivity (Wildman–Crippen MR) is 79.5 cm³/mol. The van der Waals surface area contributed by atoms with E-state index < -0.39 is 0 Å². The second kappa shape index (κ2) is 6.40. The molecule has 1 aromatic rings. The molecule has 2 fully saturated rings. The predicted octanol–water partition coefficient (Wildman–Crippen LogP) is -0.0944. The maximum Gasteiger partial charge on any atom is 0.232 e. The smallest absolute Gasteiger partial charge is 0.232 e. The van der Waals surface area contributed by atoms with Gasteiger partial charge in [-0.25, -0.2) is 0 Å². The van der Waals surface area contributed by atoms with Gasteiger partial charge in [0.2, 0.25) is 17.8 Å². The van der Waals surface area contributed by atoms with Gasteiger partial charge in [0.1, 0.15) is 0 Å². The first-order valence-corrected chi connectivity index (χ1v) is 7.43. The fourth-order valence-corrected chi connectivity index (χ4v) is 2.59. The van der Waals surface area contributed by atoms with Crippen molar-refractivity contribution in [3.8, 4) is 0 Å². The van der Waals surface area contributed by atoms with Crippen LogP contribution in [0, 0.1) is 0 Å². The van der Waals surface area contributed by atoms with Gasteiger partial charge in [0, 0.05) is 32.8 Å². The van der Waals surface area contributed by atoms with Gasteiger partial charge in [0.15, 0.2) is 0 Å². The molecule has 1 aromatic heterocycles. The van der Waals surface area contributed by atoms with Crippen molar-refractivity contribution in [2.75, 3.05) is 61.5 Å². The first-order chi connectivity index (χ1) is 10.2. The lowest BCUT2D eigenvalue weighted by atomic mass is 10.3. The van der Waals surface area contributed by atoms with Crippen LogP contribution in [-0.2, 0) is 9.47 Å². The summed E-state index contributed by atoms with van der Waals surface area (Å²) in [5, 5.41) is 0. The van der Waals surface area contributed by atoms with E-state index >= 15 is 0 Å². The third kappa shape index (κ3) is 3.51. The highest BCUT2D eigenvalue weighted by Gasteiger charge is 2.21. The van der Waals surface area contributed by atoms with E-state index in [9.17, 15) is 0 Å². The number of nitrogen functional groups attached to an aromatic ring is 1. The molecule has 2 aliphatic rings. The topological polar surface area (TPSA) is 89.6 Å². The Balaban J connectivity index is 1.82. The Kier molecular flexibility index (Phi) is 4.35. The molecule has 2 N–H and O–H groups in total. The van der Waals surface area contributed by atoms with Crippen molar-refractivity contribution in [1.82, 2.24) is 15.0 Å². The van der Waals surface area contributed by atoms with Crippen molar-refractivity contribution < 1.29 is 9.47 Å². The van der Waals surface area contributed by atoms with Crippen molar-refractivity contribution in [1.29, 1.82) is 0 Å². The Labute approximate surface area is 124 Å². The van der Waals surface area contributed by atoms with E-state index in [0.29, 0.717) is 25.1 Å². The van der Waals surface area contributed by atoms with Crippen molar-refractivity contribution >= 4 is 17.8 Å². The largest absolute Gasteiger partial charge is 0.378 e. The monoisotopic (exact) mass is 294 g/mol. The lowest BCUT2D eigenvalue weighted by Gasteiger charge is -2.28. The Hall–Kier alpha value is -1.67. The normalized spacial score (nSPS) is 24.0. The zero-order valence-corrected chi connectivity index (χ0v) is 12.4. The highest BCUT2D eigenvalue weighted by molar-refractivity contribution is 5.44. The Morgan fingerprint density at radius 1 is 1.00 bits per heavy atom. The highest BCUT2D eigenvalue weighted by Crippen LogP contribution is 2.18. The van der Waals surface area contributed by atoms with E-state index in [0.717, 1.165) is 39.2 Å². The minimum absolute atomic E-state index is 0.164. The van der Waals surface area contributed by atoms with Crippen LogP contribution < -0.4 is 15.5 Å². The van der Waals surface area contributed by atoms with E-state index in [1.54, 1.807) is 0 Å². The summed E-state index contributed by atoms with van der Waals surface area (Å²) in [6.45, 7) is 7.42. The average Bonchev–Trinajstić information content (AvgIpc) is 2.72. The Morgan fingerprint density at radius 3 is 2.48 bits per heavy atom. The van der Waals surface area contributed by atoms with Gasteiger partial charge < -0.3 is 25.0 Å². The van der Waals surface area contributed by atoms with Gasteiger partial charge in [0.05, 0.1) is 19.3 Å². The van der Waals surface area contributed by atoms with E-state index in [1.165, 1.54) is 0 Å². The molecule has 0 radical (unpaired) electrons. The summed E-state index contributed by atoms with van der Waals surface area (Å²) in [7, 11) is 0. The second-order valence-electron chi connectivity index (χ2n) is 5.37. The third-order valence-corrected chi connectivity index (χ3v) is 3.66. The van der Waals surface area contributed by atoms with Gasteiger partial charge in [-0.15, -0.1) is 0 Å². The van der Waals surface area contributed by atoms with Crippen molar-refractivity contribution in [3.05, 3.63) is 0 Å². The minimum Gasteiger partial charge on any atom is -0.378 e. The fourth-order valence-electron chi connectivity index (χ4n) is 2.59. The van der Waals surface area contributed by atoms with E-state index in [-0.39, 0.29) is 12.1 Å². The van der Waals surface area contributed by atoms with Crippen molar-refractivity contribution in [2.24, 2.45) is 0 Å². The van der Waals surface area contributed by atoms with Gasteiger partial charge >= 0.3 is 0 Å². The molecule has 0 spiro atoms. The van der Waals surface area contributed by atoms with Crippen LogP contribution in [0.1, 0.15) is 13.3 Å². The molecule has 0 amide bonds. The van der Waals surface area contributed by atoms with Crippen LogP contribution in [-0.4, -0.2) is 67.1 Å². The molecular weight excluding hydrogens is 272 g/mol. The van der Waals surface area contributed by atoms with Crippen LogP contribution >= 0.6 is 0 Å². The van der Waals surface area contributed by atoms with E-state index in [1.807, 2.05) is 0 Å². The highest BCUT2D eigenvalue weighted by atomic mass is 16.5. The number of anilines is 3. The molecule has 21 heavy (non-hydrogen) atoms. The summed E-state index contributed by atoms with van der Waals surface area (Å²) in [5.74, 6) is 1.54. The number of ether oxygens (including phenoxy) is 2. The summed E-state index contributed by atoms with van der Waals surface area (Å²) in [5.41, 5.74) is 5.87. The fraction of sp³-hybridized carbons (Fsp3) is 0.769. The molecule has 8 nitrogen and oxygen atoms in total. The quantitative estimate of drug-likeness (QED) is 0.809. The van der Waals surface area contributed by atoms with Crippen LogP contribution in [0.3, 0.4) is 0 Å². The summed E-state index contributed by atoms with van der Waals surface area (Å²) in [6, 6.07) is 0. The summed E-state index contributed by atoms with van der Waals surface area (Å²) >= 11 is 0. The molecule has 3 rings (SSSR count). The zero-order valence-electron chi connectivity index (χ0n) is 12.4. The zero-order chi connectivity index (χ0) is 14.7. The van der Waals surface area contributed by atoms with Crippen LogP contribution in [0.5, 0.6) is 0 Å². The first kappa shape index (κ1) is 14.3. The number of morpholine rings is 1. The molecule has 0 aliphatic carbocycles. The lowest BCUT2D eigenvalue weighted by molar-refractivity contribution is 0.0820. The van der Waals surface area contributed by atoms with Gasteiger partial charge in [-0.3, -0.25) is 0 Å². The van der Waals surface area contributed by atoms with Crippen molar-refractivity contribution in [3.63, 3.8) is 0 Å². The summed E-state index contributed by atoms with van der Waals surface area (Å²) in [6.07, 6.45) is 1.13. The first-order valence-electron chi connectivity index (χ1n) is 7.43. The summed E-state index contributed by atoms with van der Waals surface area (Å²) in [4.78, 5) is 17.4. The molecule has 0 aromatic carbocycles. The van der Waals surface area contributed by atoms with Crippen LogP contribution in [0.4, 0.5) is 17.8 Å². The van der Waals surface area contributed by atoms with E-state index in [2.05, 4.69) is 31.7 Å². The molecule has 1 atom stereocenters. The number of nitrogens with zero attached hydrogens (tertiary/aromatic N) is 5. The minimum atomic E-state index is 0.164. The Morgan fingerprint density at radius 2 is 1.71 bits per heavy atom. The van der Waals surface area contributed by atoms with Crippen LogP contribution in [0.2, 0.25) is 0 Å². The molecule has 0 saturated carbocycles. The maximum absolute atomic E-state index is 5.87. The third-order valence-electron chi connectivity index (χ3n) is 3.66. The summed E-state index contributed by atoms with van der Waals surface area (Å²) < 4.78 is 11.0. The number of rotatable bonds is 2. The number of hydrogen-bond acceptors (Lipinski definition) is 8. The van der Waals surface area contributed by atoms with Gasteiger partial charge in [-0.2, -0.15) is 15.0 Å². The molecular formula is C13H22N6O2. The van der Waals surface area contributed by atoms with Crippen LogP contribution in [0.15, 0.2) is 0 Å². The van der Waals surface area contributed by atoms with Gasteiger partial charge in [0.25, 0.3) is 0 Å². The average molecular weight is 294 g/mol. The van der Waals surface area contributed by atoms with Crippen molar-refractivity contribution in [2.45, 2.75) is 19.4 Å². The lowest BCUT2D eigenvalue weighted by Crippen LogP contribution is -2.38. The molecule has 1 unspecified atom stereocenters. The molecule has 0 bridgehead atoms. The van der Waals surface area contributed by atoms with Gasteiger partial charge in [-0.1, -0.05) is 0 Å². The molecule has 3 heterocycles. The second-order valence-corrected chi connectivity index (χ2v) is 5.37. The molecule has 8 heteroatoms. The number of hydrogen-bond donors (Lipinski definition) is 1. The molecule has 116 valence electrons. The number of aromatic nitrogens is 3. The van der Waals surface area contributed by atoms with Gasteiger partial charge in [-0.05, 0) is 13.3 Å². The number of nitrogens with two attached hydrogens (primary N) is 1. The molecule has 2 saturated heterocycles. The van der Waals surface area contributed by atoms with Crippen LogP contribution in [0.25, 0.3) is 0 Å². The Bertz CT molecular complexity index is 480. The van der Waals surface area contributed by atoms with E-state index in [4.69, 9.17) is 15.2 Å². The maximum atomic E-state index is 5.87. The standard InChI is InChI=1S/C13H22N6O2/c1-10-9-19(3-2-6-21-10)13-16-11(14)15-12(17-13)18-4-7-20-8-5-18/h10H,2-9H2,1H3,(H2,14,15,16,17). The molecule has 2 aliphatic heterocycles. The SMILES string of the molecule is CC1CN(c2nc(N)nc(N3CCOCC3)n2)CCCO1.